The van der Waals surface area contributed by atoms with Gasteiger partial charge in [-0.2, -0.15) is 5.10 Å². The van der Waals surface area contributed by atoms with E-state index in [0.29, 0.717) is 5.69 Å². The lowest BCUT2D eigenvalue weighted by Crippen LogP contribution is -2.04. The molecule has 0 radical (unpaired) electrons. The highest BCUT2D eigenvalue weighted by Crippen LogP contribution is 2.33. The molecule has 2 rings (SSSR count). The molecule has 0 saturated carbocycles. The fourth-order valence-corrected chi connectivity index (χ4v) is 1.88. The van der Waals surface area contributed by atoms with Crippen molar-refractivity contribution in [2.24, 2.45) is 7.05 Å². The highest BCUT2D eigenvalue weighted by Gasteiger charge is 2.20. The summed E-state index contributed by atoms with van der Waals surface area (Å²) in [6, 6.07) is 2.04. The minimum absolute atomic E-state index is 0.0551. The molecule has 0 aliphatic heterocycles. The fraction of sp³-hybridized carbons (Fsp3) is 0.0909. The van der Waals surface area contributed by atoms with Gasteiger partial charge in [-0.05, 0) is 0 Å². The van der Waals surface area contributed by atoms with Crippen LogP contribution in [0.3, 0.4) is 0 Å². The van der Waals surface area contributed by atoms with E-state index >= 15 is 0 Å². The van der Waals surface area contributed by atoms with E-state index < -0.39 is 10.9 Å². The molecule has 2 N–H and O–H groups in total. The maximum atomic E-state index is 11.2. The number of non-ortho nitro benzene ring substituents is 1. The van der Waals surface area contributed by atoms with Gasteiger partial charge in [-0.1, -0.05) is 11.6 Å². The Hall–Kier alpha value is -2.61. The average molecular weight is 297 g/mol. The molecule has 0 aliphatic rings. The van der Waals surface area contributed by atoms with Crippen molar-refractivity contribution in [1.29, 1.82) is 0 Å². The Kier molecular flexibility index (Phi) is 3.57. The van der Waals surface area contributed by atoms with Gasteiger partial charge in [0.25, 0.3) is 5.69 Å². The summed E-state index contributed by atoms with van der Waals surface area (Å²) in [5.41, 5.74) is -0.0688. The first kappa shape index (κ1) is 13.8. The van der Waals surface area contributed by atoms with Crippen molar-refractivity contribution < 1.29 is 14.8 Å². The van der Waals surface area contributed by atoms with E-state index in [9.17, 15) is 14.9 Å². The van der Waals surface area contributed by atoms with Gasteiger partial charge in [0.1, 0.15) is 0 Å². The number of nitro benzene ring substituents is 1. The van der Waals surface area contributed by atoms with Crippen molar-refractivity contribution in [3.05, 3.63) is 45.2 Å². The molecule has 0 aliphatic carbocycles. The minimum atomic E-state index is -1.32. The van der Waals surface area contributed by atoms with Gasteiger partial charge in [0.05, 0.1) is 33.1 Å². The maximum Gasteiger partial charge on any atom is 0.338 e. The third-order valence-electron chi connectivity index (χ3n) is 2.49. The summed E-state index contributed by atoms with van der Waals surface area (Å²) in [5.74, 6) is -1.32. The number of halogens is 1. The van der Waals surface area contributed by atoms with Gasteiger partial charge in [0, 0.05) is 25.4 Å². The molecule has 1 heterocycles. The zero-order chi connectivity index (χ0) is 14.9. The molecule has 2 aromatic rings. The first-order valence-electron chi connectivity index (χ1n) is 5.35. The molecule has 20 heavy (non-hydrogen) atoms. The lowest BCUT2D eigenvalue weighted by atomic mass is 10.1. The molecular weight excluding hydrogens is 288 g/mol. The molecule has 0 spiro atoms. The van der Waals surface area contributed by atoms with E-state index in [1.165, 1.54) is 10.9 Å². The van der Waals surface area contributed by atoms with E-state index in [1.807, 2.05) is 0 Å². The van der Waals surface area contributed by atoms with Crippen LogP contribution in [0, 0.1) is 10.1 Å². The van der Waals surface area contributed by atoms with Gasteiger partial charge in [-0.15, -0.1) is 0 Å². The second kappa shape index (κ2) is 5.17. The second-order valence-electron chi connectivity index (χ2n) is 3.94. The number of hydrogen-bond acceptors (Lipinski definition) is 5. The number of nitrogens with one attached hydrogen (secondary N) is 1. The van der Waals surface area contributed by atoms with Crippen LogP contribution in [0.5, 0.6) is 0 Å². The van der Waals surface area contributed by atoms with Crippen LogP contribution in [0.2, 0.25) is 5.02 Å². The standard InChI is InChI=1S/C11H9ClN4O4/c1-15-5-6(4-13-15)14-10-8(11(17)18)2-7(16(19)20)3-9(10)12/h2-5,14H,1H3,(H,17,18). The lowest BCUT2D eigenvalue weighted by Gasteiger charge is -2.09. The summed E-state index contributed by atoms with van der Waals surface area (Å²) in [6.07, 6.45) is 3.09. The Balaban J connectivity index is 2.51. The predicted molar refractivity (Wildman–Crippen MR) is 71.6 cm³/mol. The van der Waals surface area contributed by atoms with Gasteiger partial charge in [0.2, 0.25) is 0 Å². The number of carboxylic acids is 1. The molecule has 0 unspecified atom stereocenters. The molecule has 0 saturated heterocycles. The van der Waals surface area contributed by atoms with Crippen LogP contribution < -0.4 is 5.32 Å². The number of aryl methyl sites for hydroxylation is 1. The Bertz CT molecular complexity index is 698. The summed E-state index contributed by atoms with van der Waals surface area (Å²) < 4.78 is 1.52. The maximum absolute atomic E-state index is 11.2. The normalized spacial score (nSPS) is 10.3. The smallest absolute Gasteiger partial charge is 0.338 e. The van der Waals surface area contributed by atoms with Crippen LogP contribution in [-0.4, -0.2) is 25.8 Å². The van der Waals surface area contributed by atoms with Crippen LogP contribution in [0.15, 0.2) is 24.5 Å². The molecular formula is C11H9ClN4O4. The van der Waals surface area contributed by atoms with Crippen LogP contribution in [-0.2, 0) is 7.05 Å². The van der Waals surface area contributed by atoms with E-state index in [0.717, 1.165) is 12.1 Å². The first-order chi connectivity index (χ1) is 9.38. The Labute approximate surface area is 117 Å². The van der Waals surface area contributed by atoms with Crippen LogP contribution >= 0.6 is 11.6 Å². The summed E-state index contributed by atoms with van der Waals surface area (Å²) >= 11 is 5.92. The Morgan fingerprint density at radius 3 is 2.75 bits per heavy atom. The second-order valence-corrected chi connectivity index (χ2v) is 4.35. The number of benzene rings is 1. The zero-order valence-corrected chi connectivity index (χ0v) is 11.0. The number of aromatic carboxylic acids is 1. The molecule has 0 atom stereocenters. The zero-order valence-electron chi connectivity index (χ0n) is 10.2. The summed E-state index contributed by atoms with van der Waals surface area (Å²) in [5, 5.41) is 26.5. The monoisotopic (exact) mass is 296 g/mol. The summed E-state index contributed by atoms with van der Waals surface area (Å²) in [6.45, 7) is 0. The fourth-order valence-electron chi connectivity index (χ4n) is 1.62. The van der Waals surface area contributed by atoms with Gasteiger partial charge >= 0.3 is 5.97 Å². The highest BCUT2D eigenvalue weighted by atomic mass is 35.5. The number of nitro groups is 1. The SMILES string of the molecule is Cn1cc(Nc2c(Cl)cc([N+](=O)[O-])cc2C(=O)O)cn1. The van der Waals surface area contributed by atoms with Crippen LogP contribution in [0.1, 0.15) is 10.4 Å². The molecule has 8 nitrogen and oxygen atoms in total. The van der Waals surface area contributed by atoms with E-state index in [-0.39, 0.29) is 22.0 Å². The van der Waals surface area contributed by atoms with Crippen molar-refractivity contribution >= 4 is 34.6 Å². The first-order valence-corrected chi connectivity index (χ1v) is 5.73. The van der Waals surface area contributed by atoms with Crippen molar-refractivity contribution in [2.45, 2.75) is 0 Å². The molecule has 104 valence electrons. The molecule has 1 aromatic heterocycles. The van der Waals surface area contributed by atoms with E-state index in [2.05, 4.69) is 10.4 Å². The third-order valence-corrected chi connectivity index (χ3v) is 2.79. The van der Waals surface area contributed by atoms with Gasteiger partial charge < -0.3 is 10.4 Å². The lowest BCUT2D eigenvalue weighted by molar-refractivity contribution is -0.384. The molecule has 0 amide bonds. The summed E-state index contributed by atoms with van der Waals surface area (Å²) in [4.78, 5) is 21.2. The van der Waals surface area contributed by atoms with Crippen molar-refractivity contribution in [2.75, 3.05) is 5.32 Å². The van der Waals surface area contributed by atoms with Crippen LogP contribution in [0.4, 0.5) is 17.1 Å². The Morgan fingerprint density at radius 2 is 2.25 bits per heavy atom. The highest BCUT2D eigenvalue weighted by molar-refractivity contribution is 6.34. The van der Waals surface area contributed by atoms with Crippen molar-refractivity contribution in [1.82, 2.24) is 9.78 Å². The number of anilines is 2. The number of nitrogens with zero attached hydrogens (tertiary/aromatic N) is 3. The topological polar surface area (TPSA) is 110 Å². The predicted octanol–water partition coefficient (Wildman–Crippen LogP) is 2.42. The molecule has 0 bridgehead atoms. The van der Waals surface area contributed by atoms with Crippen LogP contribution in [0.25, 0.3) is 0 Å². The van der Waals surface area contributed by atoms with E-state index in [4.69, 9.17) is 16.7 Å². The number of carbonyl (C=O) groups is 1. The molecule has 1 aromatic carbocycles. The van der Waals surface area contributed by atoms with Gasteiger partial charge in [-0.3, -0.25) is 14.8 Å². The molecule has 0 fully saturated rings. The third kappa shape index (κ3) is 2.69. The number of carboxylic acid groups (broad SMARTS) is 1. The number of hydrogen-bond donors (Lipinski definition) is 2. The largest absolute Gasteiger partial charge is 0.478 e. The van der Waals surface area contributed by atoms with Gasteiger partial charge in [0.15, 0.2) is 0 Å². The Morgan fingerprint density at radius 1 is 1.55 bits per heavy atom. The summed E-state index contributed by atoms with van der Waals surface area (Å²) in [7, 11) is 1.70. The quantitative estimate of drug-likeness (QED) is 0.662. The minimum Gasteiger partial charge on any atom is -0.478 e. The van der Waals surface area contributed by atoms with Crippen molar-refractivity contribution in [3.63, 3.8) is 0 Å². The van der Waals surface area contributed by atoms with Crippen molar-refractivity contribution in [3.8, 4) is 0 Å². The number of aromatic nitrogens is 2. The molecule has 9 heteroatoms. The van der Waals surface area contributed by atoms with E-state index in [1.54, 1.807) is 13.2 Å². The number of rotatable bonds is 4. The average Bonchev–Trinajstić information content (AvgIpc) is 2.76. The van der Waals surface area contributed by atoms with Gasteiger partial charge in [-0.25, -0.2) is 4.79 Å².